The molecule has 4 aromatic rings. The van der Waals surface area contributed by atoms with Crippen LogP contribution in [0, 0.1) is 0 Å². The first-order valence-electron chi connectivity index (χ1n) is 7.84. The van der Waals surface area contributed by atoms with E-state index in [1.165, 1.54) is 10.8 Å². The molecule has 0 saturated heterocycles. The third kappa shape index (κ3) is 2.15. The number of fused-ring (bicyclic) bond motifs is 3. The van der Waals surface area contributed by atoms with E-state index in [0.29, 0.717) is 0 Å². The van der Waals surface area contributed by atoms with E-state index in [4.69, 9.17) is 0 Å². The Kier molecular flexibility index (Phi) is 3.23. The number of aromatic nitrogens is 1. The standard InChI is InChI=1S/C21H17NO/c1-15(21(23)16-9-3-2-4-10-16)22-19-13-7-5-11-17(19)18-12-6-8-14-20(18)22/h2-15H,1H3. The Balaban J connectivity index is 1.95. The maximum absolute atomic E-state index is 12.9. The number of ketones is 1. The molecule has 0 radical (unpaired) electrons. The van der Waals surface area contributed by atoms with Gasteiger partial charge in [-0.1, -0.05) is 66.7 Å². The van der Waals surface area contributed by atoms with Crippen molar-refractivity contribution < 1.29 is 4.79 Å². The van der Waals surface area contributed by atoms with Crippen LogP contribution in [0.2, 0.25) is 0 Å². The highest BCUT2D eigenvalue weighted by atomic mass is 16.1. The molecule has 112 valence electrons. The summed E-state index contributed by atoms with van der Waals surface area (Å²) in [7, 11) is 0. The van der Waals surface area contributed by atoms with E-state index in [9.17, 15) is 4.79 Å². The van der Waals surface area contributed by atoms with Crippen LogP contribution in [0.5, 0.6) is 0 Å². The van der Waals surface area contributed by atoms with Crippen molar-refractivity contribution in [1.82, 2.24) is 4.57 Å². The molecule has 1 atom stereocenters. The summed E-state index contributed by atoms with van der Waals surface area (Å²) in [6, 6.07) is 25.8. The number of carbonyl (C=O) groups excluding carboxylic acids is 1. The Morgan fingerprint density at radius 3 is 1.78 bits per heavy atom. The Labute approximate surface area is 135 Å². The molecule has 2 heteroatoms. The summed E-state index contributed by atoms with van der Waals surface area (Å²) < 4.78 is 2.15. The van der Waals surface area contributed by atoms with Crippen molar-refractivity contribution in [2.45, 2.75) is 13.0 Å². The smallest absolute Gasteiger partial charge is 0.185 e. The normalized spacial score (nSPS) is 12.6. The summed E-state index contributed by atoms with van der Waals surface area (Å²) >= 11 is 0. The summed E-state index contributed by atoms with van der Waals surface area (Å²) in [6.45, 7) is 1.98. The topological polar surface area (TPSA) is 22.0 Å². The third-order valence-corrected chi connectivity index (χ3v) is 4.44. The van der Waals surface area contributed by atoms with Gasteiger partial charge in [0.15, 0.2) is 5.78 Å². The molecule has 0 fully saturated rings. The number of para-hydroxylation sites is 2. The summed E-state index contributed by atoms with van der Waals surface area (Å²) in [5.74, 6) is 0.136. The van der Waals surface area contributed by atoms with Gasteiger partial charge in [-0.3, -0.25) is 4.79 Å². The lowest BCUT2D eigenvalue weighted by molar-refractivity contribution is 0.0939. The van der Waals surface area contributed by atoms with Crippen LogP contribution < -0.4 is 0 Å². The molecule has 2 nitrogen and oxygen atoms in total. The van der Waals surface area contributed by atoms with Gasteiger partial charge in [0, 0.05) is 27.4 Å². The van der Waals surface area contributed by atoms with Crippen molar-refractivity contribution in [2.75, 3.05) is 0 Å². The molecule has 1 heterocycles. The molecule has 0 aliphatic rings. The van der Waals surface area contributed by atoms with Gasteiger partial charge in [-0.05, 0) is 19.1 Å². The molecule has 23 heavy (non-hydrogen) atoms. The maximum Gasteiger partial charge on any atom is 0.185 e. The Morgan fingerprint density at radius 2 is 1.22 bits per heavy atom. The number of Topliss-reactive ketones (excluding diaryl/α,β-unsaturated/α-hetero) is 1. The van der Waals surface area contributed by atoms with Gasteiger partial charge in [0.2, 0.25) is 0 Å². The second kappa shape index (κ2) is 5.40. The summed E-state index contributed by atoms with van der Waals surface area (Å²) in [5.41, 5.74) is 2.96. The van der Waals surface area contributed by atoms with E-state index in [1.807, 2.05) is 61.5 Å². The molecule has 0 bridgehead atoms. The number of hydrogen-bond donors (Lipinski definition) is 0. The zero-order chi connectivity index (χ0) is 15.8. The summed E-state index contributed by atoms with van der Waals surface area (Å²) in [6.07, 6.45) is 0. The van der Waals surface area contributed by atoms with Gasteiger partial charge in [-0.15, -0.1) is 0 Å². The van der Waals surface area contributed by atoms with E-state index in [2.05, 4.69) is 28.8 Å². The second-order valence-corrected chi connectivity index (χ2v) is 5.81. The van der Waals surface area contributed by atoms with E-state index >= 15 is 0 Å². The molecule has 0 aliphatic carbocycles. The molecule has 0 N–H and O–H groups in total. The quantitative estimate of drug-likeness (QED) is 0.474. The lowest BCUT2D eigenvalue weighted by Crippen LogP contribution is -2.16. The fourth-order valence-electron chi connectivity index (χ4n) is 3.33. The van der Waals surface area contributed by atoms with E-state index < -0.39 is 0 Å². The van der Waals surface area contributed by atoms with Gasteiger partial charge < -0.3 is 4.57 Å². The van der Waals surface area contributed by atoms with Crippen LogP contribution in [0.4, 0.5) is 0 Å². The van der Waals surface area contributed by atoms with Crippen molar-refractivity contribution in [3.05, 3.63) is 84.4 Å². The van der Waals surface area contributed by atoms with E-state index in [-0.39, 0.29) is 11.8 Å². The fraction of sp³-hybridized carbons (Fsp3) is 0.0952. The number of nitrogens with zero attached hydrogens (tertiary/aromatic N) is 1. The van der Waals surface area contributed by atoms with Gasteiger partial charge in [-0.25, -0.2) is 0 Å². The van der Waals surface area contributed by atoms with Crippen molar-refractivity contribution in [2.24, 2.45) is 0 Å². The van der Waals surface area contributed by atoms with E-state index in [0.717, 1.165) is 16.6 Å². The van der Waals surface area contributed by atoms with Crippen molar-refractivity contribution in [1.29, 1.82) is 0 Å². The molecule has 0 aliphatic heterocycles. The molecule has 0 amide bonds. The zero-order valence-corrected chi connectivity index (χ0v) is 12.9. The molecule has 1 aromatic heterocycles. The Morgan fingerprint density at radius 1 is 0.739 bits per heavy atom. The van der Waals surface area contributed by atoms with Gasteiger partial charge in [0.1, 0.15) is 0 Å². The lowest BCUT2D eigenvalue weighted by atomic mass is 10.1. The van der Waals surface area contributed by atoms with Crippen LogP contribution in [0.1, 0.15) is 23.3 Å². The molecule has 4 rings (SSSR count). The van der Waals surface area contributed by atoms with Crippen molar-refractivity contribution in [3.8, 4) is 0 Å². The number of benzene rings is 3. The minimum absolute atomic E-state index is 0.136. The second-order valence-electron chi connectivity index (χ2n) is 5.81. The minimum Gasteiger partial charge on any atom is -0.330 e. The molecule has 3 aromatic carbocycles. The predicted octanol–water partition coefficient (Wildman–Crippen LogP) is 5.24. The summed E-state index contributed by atoms with van der Waals surface area (Å²) in [5, 5.41) is 2.38. The van der Waals surface area contributed by atoms with Crippen molar-refractivity contribution >= 4 is 27.6 Å². The van der Waals surface area contributed by atoms with Crippen LogP contribution in [0.15, 0.2) is 78.9 Å². The predicted molar refractivity (Wildman–Crippen MR) is 94.9 cm³/mol. The highest BCUT2D eigenvalue weighted by molar-refractivity contribution is 6.10. The first kappa shape index (κ1) is 13.8. The lowest BCUT2D eigenvalue weighted by Gasteiger charge is -2.16. The number of hydrogen-bond acceptors (Lipinski definition) is 1. The first-order chi connectivity index (χ1) is 11.3. The van der Waals surface area contributed by atoms with Crippen LogP contribution in [-0.4, -0.2) is 10.4 Å². The van der Waals surface area contributed by atoms with Gasteiger partial charge in [0.05, 0.1) is 6.04 Å². The molecular weight excluding hydrogens is 282 g/mol. The van der Waals surface area contributed by atoms with Crippen LogP contribution in [0.25, 0.3) is 21.8 Å². The van der Waals surface area contributed by atoms with Crippen LogP contribution >= 0.6 is 0 Å². The van der Waals surface area contributed by atoms with Crippen molar-refractivity contribution in [3.63, 3.8) is 0 Å². The SMILES string of the molecule is CC(C(=O)c1ccccc1)n1c2ccccc2c2ccccc21. The van der Waals surface area contributed by atoms with Gasteiger partial charge in [-0.2, -0.15) is 0 Å². The Bertz CT molecular complexity index is 945. The molecular formula is C21H17NO. The highest BCUT2D eigenvalue weighted by Crippen LogP contribution is 2.32. The first-order valence-corrected chi connectivity index (χ1v) is 7.84. The van der Waals surface area contributed by atoms with Gasteiger partial charge in [0.25, 0.3) is 0 Å². The number of carbonyl (C=O) groups is 1. The Hall–Kier alpha value is -2.87. The average Bonchev–Trinajstić information content (AvgIpc) is 2.96. The number of rotatable bonds is 3. The van der Waals surface area contributed by atoms with Gasteiger partial charge >= 0.3 is 0 Å². The van der Waals surface area contributed by atoms with Crippen LogP contribution in [-0.2, 0) is 0 Å². The highest BCUT2D eigenvalue weighted by Gasteiger charge is 2.21. The summed E-state index contributed by atoms with van der Waals surface area (Å²) in [4.78, 5) is 12.9. The molecule has 1 unspecified atom stereocenters. The third-order valence-electron chi connectivity index (χ3n) is 4.44. The maximum atomic E-state index is 12.9. The molecule has 0 saturated carbocycles. The monoisotopic (exact) mass is 299 g/mol. The zero-order valence-electron chi connectivity index (χ0n) is 12.9. The van der Waals surface area contributed by atoms with Crippen LogP contribution in [0.3, 0.4) is 0 Å². The molecule has 0 spiro atoms. The fourth-order valence-corrected chi connectivity index (χ4v) is 3.33. The average molecular weight is 299 g/mol. The largest absolute Gasteiger partial charge is 0.330 e. The minimum atomic E-state index is -0.248. The van der Waals surface area contributed by atoms with E-state index in [1.54, 1.807) is 0 Å².